The fourth-order valence-electron chi connectivity index (χ4n) is 1.97. The molecule has 0 amide bonds. The van der Waals surface area contributed by atoms with Gasteiger partial charge in [0, 0.05) is 31.2 Å². The molecule has 14 heavy (non-hydrogen) atoms. The van der Waals surface area contributed by atoms with E-state index in [2.05, 4.69) is 10.3 Å². The fourth-order valence-corrected chi connectivity index (χ4v) is 1.97. The van der Waals surface area contributed by atoms with Crippen molar-refractivity contribution in [3.05, 3.63) is 24.5 Å². The summed E-state index contributed by atoms with van der Waals surface area (Å²) in [7, 11) is 1.79. The largest absolute Gasteiger partial charge is 0.382 e. The van der Waals surface area contributed by atoms with E-state index < -0.39 is 0 Å². The third kappa shape index (κ3) is 2.23. The number of rotatable bonds is 3. The molecule has 3 heteroatoms. The first-order valence-electron chi connectivity index (χ1n) is 5.08. The number of pyridine rings is 1. The summed E-state index contributed by atoms with van der Waals surface area (Å²) in [5, 5.41) is 3.49. The minimum atomic E-state index is 0.439. The topological polar surface area (TPSA) is 34.1 Å². The lowest BCUT2D eigenvalue weighted by Gasteiger charge is -2.13. The second-order valence-corrected chi connectivity index (χ2v) is 3.75. The maximum atomic E-state index is 5.33. The van der Waals surface area contributed by atoms with Crippen molar-refractivity contribution in [1.29, 1.82) is 0 Å². The Morgan fingerprint density at radius 2 is 2.14 bits per heavy atom. The normalized spacial score (nSPS) is 26.4. The molecule has 1 aromatic rings. The maximum absolute atomic E-state index is 5.33. The monoisotopic (exact) mass is 192 g/mol. The summed E-state index contributed by atoms with van der Waals surface area (Å²) in [6.45, 7) is 0. The summed E-state index contributed by atoms with van der Waals surface area (Å²) < 4.78 is 5.33. The van der Waals surface area contributed by atoms with E-state index >= 15 is 0 Å². The predicted molar refractivity (Wildman–Crippen MR) is 56.3 cm³/mol. The molecule has 1 aromatic heterocycles. The van der Waals surface area contributed by atoms with Crippen molar-refractivity contribution >= 4 is 5.69 Å². The number of hydrogen-bond donors (Lipinski definition) is 1. The average Bonchev–Trinajstić information content (AvgIpc) is 2.67. The van der Waals surface area contributed by atoms with Crippen molar-refractivity contribution < 1.29 is 4.74 Å². The van der Waals surface area contributed by atoms with Crippen LogP contribution in [0.5, 0.6) is 0 Å². The molecule has 1 heterocycles. The van der Waals surface area contributed by atoms with Crippen LogP contribution in [0.15, 0.2) is 24.5 Å². The zero-order valence-corrected chi connectivity index (χ0v) is 8.44. The van der Waals surface area contributed by atoms with E-state index in [4.69, 9.17) is 4.74 Å². The first-order chi connectivity index (χ1) is 6.88. The number of nitrogens with one attached hydrogen (secondary N) is 1. The number of hydrogen-bond acceptors (Lipinski definition) is 3. The first-order valence-corrected chi connectivity index (χ1v) is 5.08. The van der Waals surface area contributed by atoms with Crippen LogP contribution in [0.4, 0.5) is 5.69 Å². The second kappa shape index (κ2) is 4.42. The Morgan fingerprint density at radius 3 is 2.79 bits per heavy atom. The van der Waals surface area contributed by atoms with Crippen LogP contribution >= 0.6 is 0 Å². The van der Waals surface area contributed by atoms with Gasteiger partial charge in [0.05, 0.1) is 6.10 Å². The van der Waals surface area contributed by atoms with Gasteiger partial charge in [-0.25, -0.2) is 0 Å². The molecule has 2 rings (SSSR count). The molecule has 76 valence electrons. The Bertz CT molecular complexity index is 276. The van der Waals surface area contributed by atoms with E-state index in [1.165, 1.54) is 12.8 Å². The average molecular weight is 192 g/mol. The minimum Gasteiger partial charge on any atom is -0.382 e. The third-order valence-corrected chi connectivity index (χ3v) is 2.77. The van der Waals surface area contributed by atoms with Crippen molar-refractivity contribution in [3.63, 3.8) is 0 Å². The van der Waals surface area contributed by atoms with Crippen molar-refractivity contribution in [1.82, 2.24) is 4.98 Å². The van der Waals surface area contributed by atoms with Crippen LogP contribution in [-0.4, -0.2) is 24.2 Å². The van der Waals surface area contributed by atoms with Crippen molar-refractivity contribution in [2.24, 2.45) is 0 Å². The molecule has 1 aliphatic rings. The van der Waals surface area contributed by atoms with Gasteiger partial charge in [0.25, 0.3) is 0 Å². The van der Waals surface area contributed by atoms with Gasteiger partial charge < -0.3 is 10.1 Å². The molecule has 0 radical (unpaired) electrons. The van der Waals surface area contributed by atoms with Crippen LogP contribution in [0.2, 0.25) is 0 Å². The lowest BCUT2D eigenvalue weighted by molar-refractivity contribution is 0.108. The van der Waals surface area contributed by atoms with Gasteiger partial charge >= 0.3 is 0 Å². The van der Waals surface area contributed by atoms with E-state index in [9.17, 15) is 0 Å². The molecule has 1 saturated carbocycles. The van der Waals surface area contributed by atoms with Gasteiger partial charge in [-0.3, -0.25) is 4.98 Å². The maximum Gasteiger partial charge on any atom is 0.0591 e. The standard InChI is InChI=1S/C11H16N2O/c1-14-11-3-2-10(8-11)13-9-4-6-12-7-5-9/h4-7,10-11H,2-3,8H2,1H3,(H,12,13)/t10-,11-/m0/s1. The zero-order valence-electron chi connectivity index (χ0n) is 8.44. The molecular weight excluding hydrogens is 176 g/mol. The zero-order chi connectivity index (χ0) is 9.80. The Labute approximate surface area is 84.5 Å². The number of anilines is 1. The molecule has 0 bridgehead atoms. The highest BCUT2D eigenvalue weighted by Crippen LogP contribution is 2.24. The Balaban J connectivity index is 1.88. The molecular formula is C11H16N2O. The van der Waals surface area contributed by atoms with Gasteiger partial charge in [0.2, 0.25) is 0 Å². The van der Waals surface area contributed by atoms with Crippen molar-refractivity contribution in [2.45, 2.75) is 31.4 Å². The Kier molecular flexibility index (Phi) is 2.99. The summed E-state index contributed by atoms with van der Waals surface area (Å²) in [6.07, 6.45) is 7.53. The molecule has 0 aliphatic heterocycles. The smallest absolute Gasteiger partial charge is 0.0591 e. The number of aromatic nitrogens is 1. The highest BCUT2D eigenvalue weighted by atomic mass is 16.5. The van der Waals surface area contributed by atoms with Gasteiger partial charge in [-0.15, -0.1) is 0 Å². The number of ether oxygens (including phenoxy) is 1. The molecule has 1 aliphatic carbocycles. The van der Waals surface area contributed by atoms with Crippen LogP contribution in [0.1, 0.15) is 19.3 Å². The molecule has 0 aromatic carbocycles. The van der Waals surface area contributed by atoms with Crippen LogP contribution in [0, 0.1) is 0 Å². The lowest BCUT2D eigenvalue weighted by atomic mass is 10.2. The predicted octanol–water partition coefficient (Wildman–Crippen LogP) is 2.06. The SMILES string of the molecule is CO[C@H]1CC[C@H](Nc2ccncc2)C1. The number of methoxy groups -OCH3 is 1. The first kappa shape index (κ1) is 9.46. The molecule has 2 atom stereocenters. The molecule has 0 spiro atoms. The highest BCUT2D eigenvalue weighted by Gasteiger charge is 2.23. The van der Waals surface area contributed by atoms with Crippen molar-refractivity contribution in [2.75, 3.05) is 12.4 Å². The van der Waals surface area contributed by atoms with E-state index in [1.807, 2.05) is 24.5 Å². The Morgan fingerprint density at radius 1 is 1.36 bits per heavy atom. The van der Waals surface area contributed by atoms with E-state index in [0.29, 0.717) is 12.1 Å². The van der Waals surface area contributed by atoms with Gasteiger partial charge in [0.15, 0.2) is 0 Å². The van der Waals surface area contributed by atoms with E-state index in [1.54, 1.807) is 7.11 Å². The van der Waals surface area contributed by atoms with Crippen LogP contribution < -0.4 is 5.32 Å². The molecule has 1 fully saturated rings. The van der Waals surface area contributed by atoms with Gasteiger partial charge in [0.1, 0.15) is 0 Å². The summed E-state index contributed by atoms with van der Waals surface area (Å²) in [4.78, 5) is 3.99. The highest BCUT2D eigenvalue weighted by molar-refractivity contribution is 5.41. The fraction of sp³-hybridized carbons (Fsp3) is 0.545. The molecule has 0 unspecified atom stereocenters. The summed E-state index contributed by atoms with van der Waals surface area (Å²) >= 11 is 0. The van der Waals surface area contributed by atoms with Crippen LogP contribution in [-0.2, 0) is 4.74 Å². The van der Waals surface area contributed by atoms with Gasteiger partial charge in [-0.05, 0) is 31.4 Å². The van der Waals surface area contributed by atoms with E-state index in [-0.39, 0.29) is 0 Å². The van der Waals surface area contributed by atoms with Crippen LogP contribution in [0.3, 0.4) is 0 Å². The van der Waals surface area contributed by atoms with Gasteiger partial charge in [-0.2, -0.15) is 0 Å². The molecule has 1 N–H and O–H groups in total. The Hall–Kier alpha value is -1.09. The third-order valence-electron chi connectivity index (χ3n) is 2.77. The summed E-state index contributed by atoms with van der Waals surface area (Å²) in [6, 6.07) is 4.56. The second-order valence-electron chi connectivity index (χ2n) is 3.75. The van der Waals surface area contributed by atoms with Crippen molar-refractivity contribution in [3.8, 4) is 0 Å². The van der Waals surface area contributed by atoms with Gasteiger partial charge in [-0.1, -0.05) is 0 Å². The van der Waals surface area contributed by atoms with Crippen LogP contribution in [0.25, 0.3) is 0 Å². The molecule has 3 nitrogen and oxygen atoms in total. The quantitative estimate of drug-likeness (QED) is 0.796. The summed E-state index contributed by atoms with van der Waals surface area (Å²) in [5.74, 6) is 0. The number of nitrogens with zero attached hydrogens (tertiary/aromatic N) is 1. The molecule has 0 saturated heterocycles. The van der Waals surface area contributed by atoms with E-state index in [0.717, 1.165) is 12.1 Å². The lowest BCUT2D eigenvalue weighted by Crippen LogP contribution is -2.17. The summed E-state index contributed by atoms with van der Waals surface area (Å²) in [5.41, 5.74) is 1.15. The minimum absolute atomic E-state index is 0.439.